The van der Waals surface area contributed by atoms with E-state index in [1.165, 1.54) is 7.11 Å². The number of benzene rings is 2. The zero-order valence-corrected chi connectivity index (χ0v) is 17.9. The molecule has 1 atom stereocenters. The summed E-state index contributed by atoms with van der Waals surface area (Å²) in [6.45, 7) is 1.81. The molecular weight excluding hydrogens is 426 g/mol. The van der Waals surface area contributed by atoms with E-state index in [9.17, 15) is 9.59 Å². The van der Waals surface area contributed by atoms with Gasteiger partial charge in [-0.15, -0.1) is 0 Å². The number of carbonyl (C=O) groups excluding carboxylic acids is 2. The van der Waals surface area contributed by atoms with Gasteiger partial charge in [0.15, 0.2) is 11.5 Å². The minimum atomic E-state index is -0.516. The number of ether oxygens (including phenoxy) is 2. The number of hydrogen-bond donors (Lipinski definition) is 2. The summed E-state index contributed by atoms with van der Waals surface area (Å²) in [6.07, 6.45) is 0. The second kappa shape index (κ2) is 10.1. The number of amides is 2. The molecule has 2 aromatic carbocycles. The molecule has 0 aromatic heterocycles. The van der Waals surface area contributed by atoms with Gasteiger partial charge in [-0.3, -0.25) is 14.5 Å². The van der Waals surface area contributed by atoms with Crippen LogP contribution in [0, 0.1) is 0 Å². The number of anilines is 2. The second-order valence-electron chi connectivity index (χ2n) is 6.18. The molecule has 0 aliphatic carbocycles. The Kier molecular flexibility index (Phi) is 7.83. The number of nitrogens with zero attached hydrogens (tertiary/aromatic N) is 1. The molecular formula is C20H24BrN3O4. The zero-order valence-electron chi connectivity index (χ0n) is 16.3. The van der Waals surface area contributed by atoms with E-state index in [0.29, 0.717) is 22.9 Å². The summed E-state index contributed by atoms with van der Waals surface area (Å²) in [7, 11) is 4.80. The lowest BCUT2D eigenvalue weighted by Gasteiger charge is -2.23. The smallest absolute Gasteiger partial charge is 0.241 e. The summed E-state index contributed by atoms with van der Waals surface area (Å²) in [5.41, 5.74) is 1.27. The normalized spacial score (nSPS) is 11.6. The second-order valence-corrected chi connectivity index (χ2v) is 7.03. The fraction of sp³-hybridized carbons (Fsp3) is 0.300. The van der Waals surface area contributed by atoms with Crippen LogP contribution in [0.25, 0.3) is 0 Å². The quantitative estimate of drug-likeness (QED) is 0.645. The summed E-state index contributed by atoms with van der Waals surface area (Å²) in [4.78, 5) is 26.5. The lowest BCUT2D eigenvalue weighted by molar-refractivity contribution is -0.122. The minimum Gasteiger partial charge on any atom is -0.493 e. The molecule has 2 N–H and O–H groups in total. The Morgan fingerprint density at radius 2 is 1.75 bits per heavy atom. The maximum absolute atomic E-state index is 12.5. The molecule has 150 valence electrons. The molecule has 0 spiro atoms. The number of methoxy groups -OCH3 is 2. The SMILES string of the molecule is COc1ccc(NC(=O)C(C)N(C)CC(=O)Nc2ccccc2Br)cc1OC. The van der Waals surface area contributed by atoms with Gasteiger partial charge in [0.05, 0.1) is 32.5 Å². The predicted octanol–water partition coefficient (Wildman–Crippen LogP) is 3.36. The van der Waals surface area contributed by atoms with Gasteiger partial charge in [-0.25, -0.2) is 0 Å². The Labute approximate surface area is 173 Å². The maximum Gasteiger partial charge on any atom is 0.241 e. The van der Waals surface area contributed by atoms with Crippen LogP contribution in [-0.4, -0.2) is 50.6 Å². The van der Waals surface area contributed by atoms with E-state index < -0.39 is 6.04 Å². The Hall–Kier alpha value is -2.58. The van der Waals surface area contributed by atoms with Crippen LogP contribution >= 0.6 is 15.9 Å². The molecule has 0 aliphatic rings. The van der Waals surface area contributed by atoms with Gasteiger partial charge in [-0.05, 0) is 54.2 Å². The first-order chi connectivity index (χ1) is 13.3. The van der Waals surface area contributed by atoms with Gasteiger partial charge in [-0.2, -0.15) is 0 Å². The van der Waals surface area contributed by atoms with Crippen LogP contribution < -0.4 is 20.1 Å². The Balaban J connectivity index is 1.95. The lowest BCUT2D eigenvalue weighted by atomic mass is 10.2. The van der Waals surface area contributed by atoms with Crippen molar-refractivity contribution in [3.05, 3.63) is 46.9 Å². The van der Waals surface area contributed by atoms with Gasteiger partial charge in [0.2, 0.25) is 11.8 Å². The largest absolute Gasteiger partial charge is 0.493 e. The highest BCUT2D eigenvalue weighted by atomic mass is 79.9. The summed E-state index contributed by atoms with van der Waals surface area (Å²) in [5, 5.41) is 5.65. The van der Waals surface area contributed by atoms with Gasteiger partial charge in [0.1, 0.15) is 0 Å². The summed E-state index contributed by atoms with van der Waals surface area (Å²) in [6, 6.07) is 12.0. The number of rotatable bonds is 8. The van der Waals surface area contributed by atoms with Crippen LogP contribution in [0.3, 0.4) is 0 Å². The molecule has 0 heterocycles. The highest BCUT2D eigenvalue weighted by Gasteiger charge is 2.21. The van der Waals surface area contributed by atoms with Crippen molar-refractivity contribution in [3.63, 3.8) is 0 Å². The fourth-order valence-electron chi connectivity index (χ4n) is 2.48. The minimum absolute atomic E-state index is 0.0713. The Morgan fingerprint density at radius 1 is 1.07 bits per heavy atom. The topological polar surface area (TPSA) is 79.9 Å². The molecule has 0 bridgehead atoms. The first-order valence-corrected chi connectivity index (χ1v) is 9.42. The molecule has 2 rings (SSSR count). The fourth-order valence-corrected chi connectivity index (χ4v) is 2.86. The van der Waals surface area contributed by atoms with Gasteiger partial charge in [0.25, 0.3) is 0 Å². The van der Waals surface area contributed by atoms with Crippen molar-refractivity contribution in [1.29, 1.82) is 0 Å². The Morgan fingerprint density at radius 3 is 2.39 bits per heavy atom. The lowest BCUT2D eigenvalue weighted by Crippen LogP contribution is -2.43. The van der Waals surface area contributed by atoms with Crippen molar-refractivity contribution >= 4 is 39.1 Å². The van der Waals surface area contributed by atoms with E-state index in [1.807, 2.05) is 18.2 Å². The van der Waals surface area contributed by atoms with Gasteiger partial charge in [-0.1, -0.05) is 12.1 Å². The molecule has 0 saturated carbocycles. The molecule has 28 heavy (non-hydrogen) atoms. The van der Waals surface area contributed by atoms with Crippen LogP contribution in [-0.2, 0) is 9.59 Å². The van der Waals surface area contributed by atoms with Crippen LogP contribution in [0.4, 0.5) is 11.4 Å². The molecule has 0 fully saturated rings. The average molecular weight is 450 g/mol. The van der Waals surface area contributed by atoms with Gasteiger partial charge < -0.3 is 20.1 Å². The summed E-state index contributed by atoms with van der Waals surface area (Å²) in [5.74, 6) is 0.659. The van der Waals surface area contributed by atoms with Crippen LogP contribution in [0.15, 0.2) is 46.9 Å². The third-order valence-electron chi connectivity index (χ3n) is 4.23. The molecule has 8 heteroatoms. The first-order valence-electron chi connectivity index (χ1n) is 8.63. The molecule has 0 saturated heterocycles. The molecule has 7 nitrogen and oxygen atoms in total. The monoisotopic (exact) mass is 449 g/mol. The van der Waals surface area contributed by atoms with Crippen LogP contribution in [0.5, 0.6) is 11.5 Å². The van der Waals surface area contributed by atoms with Crippen molar-refractivity contribution in [2.45, 2.75) is 13.0 Å². The van der Waals surface area contributed by atoms with Crippen LogP contribution in [0.2, 0.25) is 0 Å². The van der Waals surface area contributed by atoms with E-state index >= 15 is 0 Å². The van der Waals surface area contributed by atoms with E-state index in [0.717, 1.165) is 4.47 Å². The summed E-state index contributed by atoms with van der Waals surface area (Å²) < 4.78 is 11.2. The van der Waals surface area contributed by atoms with Crippen molar-refractivity contribution in [3.8, 4) is 11.5 Å². The van der Waals surface area contributed by atoms with E-state index in [2.05, 4.69) is 26.6 Å². The molecule has 1 unspecified atom stereocenters. The number of para-hydroxylation sites is 1. The molecule has 2 aromatic rings. The van der Waals surface area contributed by atoms with Crippen molar-refractivity contribution < 1.29 is 19.1 Å². The van der Waals surface area contributed by atoms with Crippen LogP contribution in [0.1, 0.15) is 6.92 Å². The standard InChI is InChI=1S/C20H24BrN3O4/c1-13(20(26)22-14-9-10-17(27-3)18(11-14)28-4)24(2)12-19(25)23-16-8-6-5-7-15(16)21/h5-11,13H,12H2,1-4H3,(H,22,26)(H,23,25). The maximum atomic E-state index is 12.5. The molecule has 0 radical (unpaired) electrons. The van der Waals surface area contributed by atoms with E-state index in [-0.39, 0.29) is 18.4 Å². The number of halogens is 1. The number of nitrogens with one attached hydrogen (secondary N) is 2. The number of carbonyl (C=O) groups is 2. The number of likely N-dealkylation sites (N-methyl/N-ethyl adjacent to an activating group) is 1. The van der Waals surface area contributed by atoms with E-state index in [1.54, 1.807) is 50.2 Å². The van der Waals surface area contributed by atoms with Gasteiger partial charge in [0, 0.05) is 16.2 Å². The summed E-state index contributed by atoms with van der Waals surface area (Å²) >= 11 is 3.39. The highest BCUT2D eigenvalue weighted by molar-refractivity contribution is 9.10. The zero-order chi connectivity index (χ0) is 20.7. The molecule has 0 aliphatic heterocycles. The third-order valence-corrected chi connectivity index (χ3v) is 4.92. The third kappa shape index (κ3) is 5.71. The Bertz CT molecular complexity index is 844. The van der Waals surface area contributed by atoms with Crippen molar-refractivity contribution in [2.24, 2.45) is 0 Å². The highest BCUT2D eigenvalue weighted by Crippen LogP contribution is 2.29. The van der Waals surface area contributed by atoms with Crippen molar-refractivity contribution in [1.82, 2.24) is 4.90 Å². The van der Waals surface area contributed by atoms with E-state index in [4.69, 9.17) is 9.47 Å². The average Bonchev–Trinajstić information content (AvgIpc) is 2.68. The van der Waals surface area contributed by atoms with Gasteiger partial charge >= 0.3 is 0 Å². The molecule has 2 amide bonds. The van der Waals surface area contributed by atoms with Crippen molar-refractivity contribution in [2.75, 3.05) is 38.4 Å². The first kappa shape index (κ1) is 21.7. The predicted molar refractivity (Wildman–Crippen MR) is 113 cm³/mol. The number of hydrogen-bond acceptors (Lipinski definition) is 5.